The molecular formula is C14H21ClF3N. The zero-order valence-electron chi connectivity index (χ0n) is 11.4. The fraction of sp³-hybridized carbons (Fsp3) is 0.571. The van der Waals surface area contributed by atoms with Gasteiger partial charge in [-0.1, -0.05) is 45.0 Å². The van der Waals surface area contributed by atoms with Gasteiger partial charge in [0, 0.05) is 12.5 Å². The monoisotopic (exact) mass is 295 g/mol. The summed E-state index contributed by atoms with van der Waals surface area (Å²) < 4.78 is 36.3. The molecule has 0 aromatic heterocycles. The molecule has 110 valence electrons. The third kappa shape index (κ3) is 6.30. The first-order valence-corrected chi connectivity index (χ1v) is 6.02. The van der Waals surface area contributed by atoms with Crippen molar-refractivity contribution < 1.29 is 13.2 Å². The van der Waals surface area contributed by atoms with Gasteiger partial charge in [-0.15, -0.1) is 12.4 Å². The number of benzene rings is 1. The van der Waals surface area contributed by atoms with Gasteiger partial charge >= 0.3 is 6.18 Å². The number of halogens is 4. The number of hydrogen-bond donors (Lipinski definition) is 1. The molecule has 0 bridgehead atoms. The predicted molar refractivity (Wildman–Crippen MR) is 74.6 cm³/mol. The van der Waals surface area contributed by atoms with E-state index in [1.165, 1.54) is 0 Å². The van der Waals surface area contributed by atoms with Gasteiger partial charge in [-0.2, -0.15) is 13.2 Å². The molecule has 0 unspecified atom stereocenters. The summed E-state index contributed by atoms with van der Waals surface area (Å²) in [4.78, 5) is 0. The quantitative estimate of drug-likeness (QED) is 0.856. The van der Waals surface area contributed by atoms with Crippen LogP contribution in [-0.4, -0.2) is 6.18 Å². The van der Waals surface area contributed by atoms with Crippen LogP contribution in [0.25, 0.3) is 0 Å². The predicted octanol–water partition coefficient (Wildman–Crippen LogP) is 4.75. The Hall–Kier alpha value is -0.740. The maximum atomic E-state index is 12.1. The molecule has 0 aliphatic rings. The van der Waals surface area contributed by atoms with Gasteiger partial charge in [-0.3, -0.25) is 0 Å². The van der Waals surface area contributed by atoms with Crippen molar-refractivity contribution in [2.45, 2.75) is 51.2 Å². The highest BCUT2D eigenvalue weighted by Gasteiger charge is 2.27. The Morgan fingerprint density at radius 2 is 1.53 bits per heavy atom. The third-order valence-corrected chi connectivity index (χ3v) is 2.94. The van der Waals surface area contributed by atoms with Crippen LogP contribution in [-0.2, 0) is 5.41 Å². The molecule has 1 atom stereocenters. The van der Waals surface area contributed by atoms with Gasteiger partial charge < -0.3 is 5.73 Å². The zero-order valence-corrected chi connectivity index (χ0v) is 12.2. The van der Waals surface area contributed by atoms with E-state index in [2.05, 4.69) is 20.8 Å². The summed E-state index contributed by atoms with van der Waals surface area (Å²) in [6.07, 6.45) is -5.05. The number of rotatable bonds is 3. The van der Waals surface area contributed by atoms with E-state index in [0.29, 0.717) is 0 Å². The summed E-state index contributed by atoms with van der Waals surface area (Å²) in [5, 5.41) is 0. The normalized spacial score (nSPS) is 13.8. The minimum Gasteiger partial charge on any atom is -0.324 e. The van der Waals surface area contributed by atoms with Crippen LogP contribution in [0, 0.1) is 0 Å². The van der Waals surface area contributed by atoms with Crippen LogP contribution >= 0.6 is 12.4 Å². The average molecular weight is 296 g/mol. The van der Waals surface area contributed by atoms with Crippen LogP contribution in [0.3, 0.4) is 0 Å². The number of hydrogen-bond acceptors (Lipinski definition) is 1. The summed E-state index contributed by atoms with van der Waals surface area (Å²) in [6.45, 7) is 6.27. The Morgan fingerprint density at radius 3 is 1.89 bits per heavy atom. The lowest BCUT2D eigenvalue weighted by Gasteiger charge is -2.20. The zero-order chi connectivity index (χ0) is 14.0. The van der Waals surface area contributed by atoms with E-state index in [9.17, 15) is 13.2 Å². The second-order valence-corrected chi connectivity index (χ2v) is 5.63. The Kier molecular flexibility index (Phi) is 6.36. The van der Waals surface area contributed by atoms with Crippen molar-refractivity contribution in [2.75, 3.05) is 0 Å². The second kappa shape index (κ2) is 6.62. The van der Waals surface area contributed by atoms with Gasteiger partial charge in [-0.05, 0) is 23.0 Å². The summed E-state index contributed by atoms with van der Waals surface area (Å²) in [5.74, 6) is 0. The first kappa shape index (κ1) is 18.3. The van der Waals surface area contributed by atoms with Crippen LogP contribution in [0.4, 0.5) is 13.2 Å². The van der Waals surface area contributed by atoms with Crippen molar-refractivity contribution in [3.63, 3.8) is 0 Å². The van der Waals surface area contributed by atoms with Crippen LogP contribution in [0.1, 0.15) is 50.8 Å². The minimum absolute atomic E-state index is 0. The van der Waals surface area contributed by atoms with Gasteiger partial charge in [-0.25, -0.2) is 0 Å². The van der Waals surface area contributed by atoms with Gasteiger partial charge in [0.2, 0.25) is 0 Å². The summed E-state index contributed by atoms with van der Waals surface area (Å²) in [5.41, 5.74) is 7.70. The fourth-order valence-electron chi connectivity index (χ4n) is 1.72. The molecule has 19 heavy (non-hydrogen) atoms. The van der Waals surface area contributed by atoms with Crippen LogP contribution in [0.15, 0.2) is 24.3 Å². The standard InChI is InChI=1S/C14H20F3N.ClH/c1-13(2,3)11-6-4-10(5-7-11)12(18)8-9-14(15,16)17;/h4-7,12H,8-9,18H2,1-3H3;1H/t12-;/m1./s1. The molecule has 0 radical (unpaired) electrons. The lowest BCUT2D eigenvalue weighted by atomic mass is 9.86. The molecule has 0 amide bonds. The molecule has 1 aromatic rings. The molecule has 0 heterocycles. The molecule has 0 aliphatic heterocycles. The second-order valence-electron chi connectivity index (χ2n) is 5.63. The maximum Gasteiger partial charge on any atom is 0.389 e. The molecular weight excluding hydrogens is 275 g/mol. The van der Waals surface area contributed by atoms with E-state index >= 15 is 0 Å². The van der Waals surface area contributed by atoms with Crippen LogP contribution < -0.4 is 5.73 Å². The molecule has 5 heteroatoms. The third-order valence-electron chi connectivity index (χ3n) is 2.94. The molecule has 2 N–H and O–H groups in total. The van der Waals surface area contributed by atoms with E-state index in [1.807, 2.05) is 24.3 Å². The summed E-state index contributed by atoms with van der Waals surface area (Å²) >= 11 is 0. The molecule has 1 rings (SSSR count). The van der Waals surface area contributed by atoms with Crippen molar-refractivity contribution in [1.82, 2.24) is 0 Å². The van der Waals surface area contributed by atoms with Crippen molar-refractivity contribution >= 4 is 12.4 Å². The molecule has 0 fully saturated rings. The van der Waals surface area contributed by atoms with Crippen LogP contribution in [0.2, 0.25) is 0 Å². The fourth-order valence-corrected chi connectivity index (χ4v) is 1.72. The largest absolute Gasteiger partial charge is 0.389 e. The van der Waals surface area contributed by atoms with Gasteiger partial charge in [0.1, 0.15) is 0 Å². The molecule has 0 aliphatic carbocycles. The minimum atomic E-state index is -4.14. The highest BCUT2D eigenvalue weighted by atomic mass is 35.5. The Labute approximate surface area is 118 Å². The maximum absolute atomic E-state index is 12.1. The molecule has 0 saturated heterocycles. The van der Waals surface area contributed by atoms with Crippen molar-refractivity contribution in [3.8, 4) is 0 Å². The molecule has 0 saturated carbocycles. The van der Waals surface area contributed by atoms with Crippen LogP contribution in [0.5, 0.6) is 0 Å². The van der Waals surface area contributed by atoms with Gasteiger partial charge in [0.15, 0.2) is 0 Å². The highest BCUT2D eigenvalue weighted by Crippen LogP contribution is 2.28. The SMILES string of the molecule is CC(C)(C)c1ccc([C@H](N)CCC(F)(F)F)cc1.Cl. The first-order valence-electron chi connectivity index (χ1n) is 6.02. The van der Waals surface area contributed by atoms with E-state index in [-0.39, 0.29) is 24.2 Å². The van der Waals surface area contributed by atoms with Gasteiger partial charge in [0.25, 0.3) is 0 Å². The van der Waals surface area contributed by atoms with E-state index < -0.39 is 18.6 Å². The number of nitrogens with two attached hydrogens (primary N) is 1. The lowest BCUT2D eigenvalue weighted by molar-refractivity contribution is -0.136. The summed E-state index contributed by atoms with van der Waals surface area (Å²) in [6, 6.07) is 6.95. The first-order chi connectivity index (χ1) is 8.09. The topological polar surface area (TPSA) is 26.0 Å². The van der Waals surface area contributed by atoms with Crippen molar-refractivity contribution in [3.05, 3.63) is 35.4 Å². The highest BCUT2D eigenvalue weighted by molar-refractivity contribution is 5.85. The van der Waals surface area contributed by atoms with Crippen molar-refractivity contribution in [1.29, 1.82) is 0 Å². The average Bonchev–Trinajstić information content (AvgIpc) is 2.24. The number of alkyl halides is 3. The Bertz CT molecular complexity index is 379. The van der Waals surface area contributed by atoms with E-state index in [1.54, 1.807) is 0 Å². The van der Waals surface area contributed by atoms with E-state index in [0.717, 1.165) is 11.1 Å². The molecule has 0 spiro atoms. The van der Waals surface area contributed by atoms with Gasteiger partial charge in [0.05, 0.1) is 0 Å². The lowest BCUT2D eigenvalue weighted by Crippen LogP contribution is -2.16. The Morgan fingerprint density at radius 1 is 1.05 bits per heavy atom. The molecule has 1 nitrogen and oxygen atoms in total. The Balaban J connectivity index is 0.00000324. The molecule has 1 aromatic carbocycles. The summed E-state index contributed by atoms with van der Waals surface area (Å²) in [7, 11) is 0. The van der Waals surface area contributed by atoms with Crippen molar-refractivity contribution in [2.24, 2.45) is 5.73 Å². The van der Waals surface area contributed by atoms with E-state index in [4.69, 9.17) is 5.73 Å². The smallest absolute Gasteiger partial charge is 0.324 e.